The quantitative estimate of drug-likeness (QED) is 0.0987. The number of aromatic nitrogens is 1. The third-order valence-electron chi connectivity index (χ3n) is 11.5. The number of esters is 1. The number of aromatic amines is 1. The van der Waals surface area contributed by atoms with Gasteiger partial charge < -0.3 is 63.1 Å². The van der Waals surface area contributed by atoms with Crippen LogP contribution < -0.4 is 43.4 Å². The first-order valence-electron chi connectivity index (χ1n) is 21.3. The van der Waals surface area contributed by atoms with Crippen molar-refractivity contribution in [2.45, 2.75) is 115 Å². The molecule has 356 valence electrons. The highest BCUT2D eigenvalue weighted by atomic mass is 32.2. The zero-order valence-electron chi connectivity index (χ0n) is 37.2. The summed E-state index contributed by atoms with van der Waals surface area (Å²) in [6, 6.07) is -0.976. The Labute approximate surface area is 379 Å². The molecule has 2 aliphatic heterocycles. The molecule has 2 aromatic rings. The van der Waals surface area contributed by atoms with Crippen LogP contribution in [0.1, 0.15) is 66.4 Å². The SMILES string of the molecule is CCC(C)[C@@H]1NC(=O)CNC(=O)C(N)Cc2c([nH]c3ccccc23)SCC(C(=O)NC(CC(N)=O)C(=O)N2C[C@H](C)C[C@H]2C(=O)N[C@H](C(=O)O)[C@@H](C)C(C)OC(C)=O)NC(=O)CNC1=O. The average molecular weight is 929 g/mol. The Bertz CT molecular complexity index is 2150. The number of nitrogens with two attached hydrogens (primary N) is 2. The van der Waals surface area contributed by atoms with Gasteiger partial charge in [-0.2, -0.15) is 0 Å². The predicted octanol–water partition coefficient (Wildman–Crippen LogP) is -1.85. The number of aliphatic carboxylic acids is 1. The van der Waals surface area contributed by atoms with Crippen LogP contribution in [0.3, 0.4) is 0 Å². The number of ether oxygens (including phenoxy) is 1. The molecular formula is C42H60N10O12S. The number of benzene rings is 1. The number of nitrogens with zero attached hydrogens (tertiary/aromatic N) is 1. The first-order chi connectivity index (χ1) is 30.6. The van der Waals surface area contributed by atoms with E-state index in [-0.39, 0.29) is 31.1 Å². The summed E-state index contributed by atoms with van der Waals surface area (Å²) in [6.07, 6.45) is -1.10. The molecule has 1 fully saturated rings. The second-order valence-corrected chi connectivity index (χ2v) is 17.7. The first-order valence-corrected chi connectivity index (χ1v) is 22.3. The van der Waals surface area contributed by atoms with E-state index >= 15 is 0 Å². The van der Waals surface area contributed by atoms with Gasteiger partial charge in [0.15, 0.2) is 0 Å². The van der Waals surface area contributed by atoms with Crippen LogP contribution >= 0.6 is 11.8 Å². The number of hydrogen-bond donors (Lipinski definition) is 10. The van der Waals surface area contributed by atoms with Gasteiger partial charge in [-0.1, -0.05) is 52.3 Å². The molecule has 10 atom stereocenters. The zero-order chi connectivity index (χ0) is 48.3. The summed E-state index contributed by atoms with van der Waals surface area (Å²) in [4.78, 5) is 136. The number of carboxylic acids is 1. The van der Waals surface area contributed by atoms with E-state index in [1.54, 1.807) is 45.0 Å². The molecule has 12 N–H and O–H groups in total. The van der Waals surface area contributed by atoms with Crippen LogP contribution in [0.25, 0.3) is 10.9 Å². The average Bonchev–Trinajstić information content (AvgIpc) is 3.81. The number of para-hydroxylation sites is 1. The molecule has 8 amide bonds. The van der Waals surface area contributed by atoms with E-state index in [1.165, 1.54) is 13.8 Å². The number of H-pyrrole nitrogens is 1. The van der Waals surface area contributed by atoms with Crippen molar-refractivity contribution in [3.63, 3.8) is 0 Å². The van der Waals surface area contributed by atoms with Crippen LogP contribution in [0, 0.1) is 17.8 Å². The van der Waals surface area contributed by atoms with Gasteiger partial charge in [0.25, 0.3) is 0 Å². The number of carbonyl (C=O) groups excluding carboxylic acids is 9. The van der Waals surface area contributed by atoms with E-state index in [2.05, 4.69) is 36.9 Å². The lowest BCUT2D eigenvalue weighted by Crippen LogP contribution is -2.59. The summed E-state index contributed by atoms with van der Waals surface area (Å²) < 4.78 is 5.14. The highest BCUT2D eigenvalue weighted by Gasteiger charge is 2.43. The summed E-state index contributed by atoms with van der Waals surface area (Å²) in [5.74, 6) is -10.4. The van der Waals surface area contributed by atoms with Crippen molar-refractivity contribution < 1.29 is 57.8 Å². The summed E-state index contributed by atoms with van der Waals surface area (Å²) in [6.45, 7) is 8.25. The number of fused-ring (bicyclic) bond motifs is 3. The predicted molar refractivity (Wildman–Crippen MR) is 235 cm³/mol. The number of thioether (sulfide) groups is 1. The Hall–Kier alpha value is -6.23. The second-order valence-electron chi connectivity index (χ2n) is 16.7. The van der Waals surface area contributed by atoms with E-state index in [9.17, 15) is 53.1 Å². The molecule has 2 aliphatic rings. The maximum atomic E-state index is 14.3. The minimum Gasteiger partial charge on any atom is -0.480 e. The van der Waals surface area contributed by atoms with Crippen molar-refractivity contribution >= 4 is 81.9 Å². The number of rotatable bonds is 13. The second kappa shape index (κ2) is 23.1. The summed E-state index contributed by atoms with van der Waals surface area (Å²) in [5, 5.41) is 26.3. The Balaban J connectivity index is 1.65. The number of likely N-dealkylation sites (tertiary alicyclic amines) is 1. The monoisotopic (exact) mass is 928 g/mol. The summed E-state index contributed by atoms with van der Waals surface area (Å²) in [7, 11) is 0. The third kappa shape index (κ3) is 13.9. The minimum atomic E-state index is -1.66. The fraction of sp³-hybridized carbons (Fsp3) is 0.571. The standard InChI is InChI=1S/C42H60N10O12S/c1-7-20(3)34-39(60)46-15-32(55)47-29(18-65-40-25(24-10-8-9-11-27(24)49-40)13-26(43)36(57)45-16-33(56)50-34)37(58)48-28(14-31(44)54)41(61)52-17-19(2)12-30(52)38(59)51-35(42(62)63)21(4)22(5)64-23(6)53/h8-11,19-22,26,28-30,34-35,49H,7,12-18,43H2,1-6H3,(H2,44,54)(H,45,57)(H,46,60)(H,47,55)(H,48,58)(H,50,56)(H,51,59)(H,62,63)/t19-,20?,21+,22?,26?,28?,29?,30+,34+,35+/m1/s1. The number of hydrogen-bond acceptors (Lipinski definition) is 13. The minimum absolute atomic E-state index is 0.0174. The molecule has 3 heterocycles. The van der Waals surface area contributed by atoms with Crippen LogP contribution in [-0.2, 0) is 59.1 Å². The Morgan fingerprint density at radius 3 is 2.23 bits per heavy atom. The summed E-state index contributed by atoms with van der Waals surface area (Å²) in [5.41, 5.74) is 13.2. The maximum Gasteiger partial charge on any atom is 0.326 e. The molecule has 5 unspecified atom stereocenters. The molecule has 0 bridgehead atoms. The van der Waals surface area contributed by atoms with Crippen LogP contribution in [0.5, 0.6) is 0 Å². The molecule has 1 saturated heterocycles. The molecule has 0 aliphatic carbocycles. The van der Waals surface area contributed by atoms with Gasteiger partial charge in [0.2, 0.25) is 47.3 Å². The van der Waals surface area contributed by atoms with Gasteiger partial charge in [-0.3, -0.25) is 43.2 Å². The van der Waals surface area contributed by atoms with Crippen molar-refractivity contribution in [2.75, 3.05) is 25.4 Å². The van der Waals surface area contributed by atoms with Crippen LogP contribution in [0.2, 0.25) is 0 Å². The van der Waals surface area contributed by atoms with Gasteiger partial charge in [-0.25, -0.2) is 4.79 Å². The highest BCUT2D eigenvalue weighted by molar-refractivity contribution is 7.99. The third-order valence-corrected chi connectivity index (χ3v) is 12.7. The topological polar surface area (TPSA) is 343 Å². The number of carbonyl (C=O) groups is 10. The molecule has 4 rings (SSSR count). The van der Waals surface area contributed by atoms with Crippen molar-refractivity contribution in [3.8, 4) is 0 Å². The van der Waals surface area contributed by atoms with E-state index in [0.29, 0.717) is 27.9 Å². The van der Waals surface area contributed by atoms with Crippen molar-refractivity contribution in [1.82, 2.24) is 41.8 Å². The van der Waals surface area contributed by atoms with E-state index in [0.717, 1.165) is 23.6 Å². The number of amides is 8. The van der Waals surface area contributed by atoms with Crippen molar-refractivity contribution in [1.29, 1.82) is 0 Å². The lowest BCUT2D eigenvalue weighted by molar-refractivity contribution is -0.153. The van der Waals surface area contributed by atoms with Crippen molar-refractivity contribution in [2.24, 2.45) is 29.2 Å². The van der Waals surface area contributed by atoms with Gasteiger partial charge in [0.1, 0.15) is 36.3 Å². The fourth-order valence-corrected chi connectivity index (χ4v) is 8.75. The van der Waals surface area contributed by atoms with Gasteiger partial charge in [0.05, 0.1) is 30.6 Å². The summed E-state index contributed by atoms with van der Waals surface area (Å²) >= 11 is 1.08. The van der Waals surface area contributed by atoms with E-state index < -0.39 is 133 Å². The molecule has 23 heteroatoms. The number of carboxylic acid groups (broad SMARTS) is 1. The lowest BCUT2D eigenvalue weighted by Gasteiger charge is -2.31. The van der Waals surface area contributed by atoms with Crippen LogP contribution in [0.4, 0.5) is 0 Å². The fourth-order valence-electron chi connectivity index (χ4n) is 7.63. The highest BCUT2D eigenvalue weighted by Crippen LogP contribution is 2.31. The Morgan fingerprint density at radius 1 is 0.954 bits per heavy atom. The largest absolute Gasteiger partial charge is 0.480 e. The van der Waals surface area contributed by atoms with E-state index in [1.807, 2.05) is 0 Å². The molecule has 65 heavy (non-hydrogen) atoms. The molecule has 0 spiro atoms. The normalized spacial score (nSPS) is 23.6. The number of nitrogens with one attached hydrogen (secondary N) is 7. The Morgan fingerprint density at radius 2 is 1.60 bits per heavy atom. The Kier molecular flexibility index (Phi) is 18.3. The van der Waals surface area contributed by atoms with E-state index in [4.69, 9.17) is 16.2 Å². The molecular weight excluding hydrogens is 869 g/mol. The first kappa shape index (κ1) is 51.4. The van der Waals surface area contributed by atoms with Crippen molar-refractivity contribution in [3.05, 3.63) is 29.8 Å². The molecule has 22 nitrogen and oxygen atoms in total. The van der Waals surface area contributed by atoms with Gasteiger partial charge in [-0.05, 0) is 43.2 Å². The van der Waals surface area contributed by atoms with Gasteiger partial charge in [-0.15, -0.1) is 11.8 Å². The van der Waals surface area contributed by atoms with Gasteiger partial charge in [0, 0.05) is 36.0 Å². The smallest absolute Gasteiger partial charge is 0.326 e. The lowest BCUT2D eigenvalue weighted by atomic mass is 9.95. The van der Waals surface area contributed by atoms with Crippen LogP contribution in [0.15, 0.2) is 29.3 Å². The van der Waals surface area contributed by atoms with Crippen LogP contribution in [-0.4, -0.2) is 142 Å². The number of primary amides is 1. The molecule has 1 aromatic carbocycles. The molecule has 0 radical (unpaired) electrons. The maximum absolute atomic E-state index is 14.3. The van der Waals surface area contributed by atoms with Gasteiger partial charge >= 0.3 is 11.9 Å². The molecule has 0 saturated carbocycles. The molecule has 1 aromatic heterocycles. The zero-order valence-corrected chi connectivity index (χ0v) is 38.0.